The first-order valence-corrected chi connectivity index (χ1v) is 9.18. The van der Waals surface area contributed by atoms with Gasteiger partial charge in [0.2, 0.25) is 5.75 Å². The Kier molecular flexibility index (Phi) is 6.93. The molecule has 2 heterocycles. The van der Waals surface area contributed by atoms with Gasteiger partial charge in [0.1, 0.15) is 18.0 Å². The van der Waals surface area contributed by atoms with Crippen molar-refractivity contribution < 1.29 is 19.0 Å². The molecule has 3 N–H and O–H groups in total. The minimum Gasteiger partial charge on any atom is -0.493 e. The number of nitrogens with one attached hydrogen (secondary N) is 3. The largest absolute Gasteiger partial charge is 0.493 e. The first kappa shape index (κ1) is 20.8. The maximum atomic E-state index is 12.2. The summed E-state index contributed by atoms with van der Waals surface area (Å²) in [6.45, 7) is 0.879. The van der Waals surface area contributed by atoms with Crippen LogP contribution in [0.15, 0.2) is 49.1 Å². The second-order valence-electron chi connectivity index (χ2n) is 6.07. The number of aromatic nitrogens is 3. The molecule has 3 rings (SSSR count). The van der Waals surface area contributed by atoms with Gasteiger partial charge in [-0.3, -0.25) is 0 Å². The highest BCUT2D eigenvalue weighted by Gasteiger charge is 2.14. The molecule has 0 radical (unpaired) electrons. The van der Waals surface area contributed by atoms with Crippen molar-refractivity contribution in [3.8, 4) is 23.1 Å². The molecule has 3 aromatic rings. The average Bonchev–Trinajstić information content (AvgIpc) is 3.31. The summed E-state index contributed by atoms with van der Waals surface area (Å²) < 4.78 is 17.7. The van der Waals surface area contributed by atoms with Gasteiger partial charge in [-0.15, -0.1) is 0 Å². The number of carbonyl (C=O) groups excluding carboxylic acids is 1. The zero-order chi connectivity index (χ0) is 21.3. The Morgan fingerprint density at radius 2 is 1.67 bits per heavy atom. The summed E-state index contributed by atoms with van der Waals surface area (Å²) in [6.07, 6.45) is 5.30. The Morgan fingerprint density at radius 1 is 0.967 bits per heavy atom. The van der Waals surface area contributed by atoms with Crippen molar-refractivity contribution in [2.24, 2.45) is 0 Å². The molecule has 0 aliphatic heterocycles. The fraction of sp³-hybridized carbons (Fsp3) is 0.250. The molecule has 1 aromatic carbocycles. The van der Waals surface area contributed by atoms with Crippen molar-refractivity contribution in [1.82, 2.24) is 19.9 Å². The SMILES string of the molecule is COc1cc(NC(=O)NCCNc2cc(-n3cccc3)ncn2)cc(OC)c1OC. The lowest BCUT2D eigenvalue weighted by Gasteiger charge is -2.15. The van der Waals surface area contributed by atoms with Gasteiger partial charge < -0.3 is 34.7 Å². The van der Waals surface area contributed by atoms with Crippen LogP contribution in [-0.2, 0) is 0 Å². The lowest BCUT2D eigenvalue weighted by atomic mass is 10.2. The van der Waals surface area contributed by atoms with Crippen molar-refractivity contribution in [2.45, 2.75) is 0 Å². The average molecular weight is 412 g/mol. The van der Waals surface area contributed by atoms with Crippen molar-refractivity contribution in [3.63, 3.8) is 0 Å². The molecule has 0 saturated heterocycles. The first-order valence-electron chi connectivity index (χ1n) is 9.18. The van der Waals surface area contributed by atoms with Crippen molar-refractivity contribution >= 4 is 17.5 Å². The lowest BCUT2D eigenvalue weighted by Crippen LogP contribution is -2.32. The van der Waals surface area contributed by atoms with Gasteiger partial charge in [0.15, 0.2) is 11.5 Å². The van der Waals surface area contributed by atoms with E-state index in [9.17, 15) is 4.79 Å². The molecule has 0 aliphatic rings. The lowest BCUT2D eigenvalue weighted by molar-refractivity contribution is 0.252. The molecule has 0 atom stereocenters. The molecule has 0 fully saturated rings. The third-order valence-electron chi connectivity index (χ3n) is 4.16. The molecule has 0 saturated carbocycles. The van der Waals surface area contributed by atoms with Gasteiger partial charge in [-0.2, -0.15) is 0 Å². The number of urea groups is 1. The van der Waals surface area contributed by atoms with Crippen molar-refractivity contribution in [2.75, 3.05) is 45.1 Å². The number of methoxy groups -OCH3 is 3. The smallest absolute Gasteiger partial charge is 0.319 e. The molecule has 30 heavy (non-hydrogen) atoms. The number of anilines is 2. The summed E-state index contributed by atoms with van der Waals surface area (Å²) >= 11 is 0. The van der Waals surface area contributed by atoms with Crippen LogP contribution in [0.4, 0.5) is 16.3 Å². The Balaban J connectivity index is 1.50. The Morgan fingerprint density at radius 3 is 2.30 bits per heavy atom. The standard InChI is InChI=1S/C20H24N6O4/c1-28-15-10-14(11-16(29-2)19(15)30-3)25-20(27)22-7-6-21-17-12-18(24-13-23-17)26-8-4-5-9-26/h4-5,8-13H,6-7H2,1-3H3,(H,21,23,24)(H2,22,25,27). The van der Waals surface area contributed by atoms with Crippen LogP contribution in [0, 0.1) is 0 Å². The number of benzene rings is 1. The summed E-state index contributed by atoms with van der Waals surface area (Å²) in [7, 11) is 4.55. The van der Waals surface area contributed by atoms with Crippen LogP contribution in [0.25, 0.3) is 5.82 Å². The van der Waals surface area contributed by atoms with E-state index in [2.05, 4.69) is 25.9 Å². The Hall–Kier alpha value is -3.95. The number of rotatable bonds is 9. The van der Waals surface area contributed by atoms with E-state index < -0.39 is 0 Å². The maximum absolute atomic E-state index is 12.2. The van der Waals surface area contributed by atoms with Gasteiger partial charge in [0, 0.05) is 43.7 Å². The highest BCUT2D eigenvalue weighted by molar-refractivity contribution is 5.90. The fourth-order valence-corrected chi connectivity index (χ4v) is 2.77. The summed E-state index contributed by atoms with van der Waals surface area (Å²) in [5.41, 5.74) is 0.516. The second-order valence-corrected chi connectivity index (χ2v) is 6.07. The minimum atomic E-state index is -0.359. The van der Waals surface area contributed by atoms with E-state index in [1.165, 1.54) is 27.7 Å². The number of hydrogen-bond donors (Lipinski definition) is 3. The number of hydrogen-bond acceptors (Lipinski definition) is 7. The highest BCUT2D eigenvalue weighted by atomic mass is 16.5. The molecule has 10 heteroatoms. The summed E-state index contributed by atoms with van der Waals surface area (Å²) in [4.78, 5) is 20.6. The molecule has 0 unspecified atom stereocenters. The van der Waals surface area contributed by atoms with Crippen molar-refractivity contribution in [1.29, 1.82) is 0 Å². The fourth-order valence-electron chi connectivity index (χ4n) is 2.77. The van der Waals surface area contributed by atoms with Gasteiger partial charge in [-0.1, -0.05) is 0 Å². The molecular formula is C20H24N6O4. The molecule has 0 spiro atoms. The molecular weight excluding hydrogens is 388 g/mol. The number of carbonyl (C=O) groups is 1. The van der Waals surface area contributed by atoms with Gasteiger partial charge in [-0.25, -0.2) is 14.8 Å². The van der Waals surface area contributed by atoms with E-state index in [1.54, 1.807) is 12.1 Å². The van der Waals surface area contributed by atoms with Crippen LogP contribution in [0.2, 0.25) is 0 Å². The van der Waals surface area contributed by atoms with Crippen LogP contribution >= 0.6 is 0 Å². The van der Waals surface area contributed by atoms with E-state index in [0.29, 0.717) is 41.8 Å². The molecule has 158 valence electrons. The topological polar surface area (TPSA) is 112 Å². The van der Waals surface area contributed by atoms with Gasteiger partial charge in [0.25, 0.3) is 0 Å². The normalized spacial score (nSPS) is 10.2. The van der Waals surface area contributed by atoms with E-state index in [1.807, 2.05) is 35.2 Å². The number of ether oxygens (including phenoxy) is 3. The van der Waals surface area contributed by atoms with Gasteiger partial charge >= 0.3 is 6.03 Å². The highest BCUT2D eigenvalue weighted by Crippen LogP contribution is 2.39. The summed E-state index contributed by atoms with van der Waals surface area (Å²) in [6, 6.07) is 8.63. The Bertz CT molecular complexity index is 952. The van der Waals surface area contributed by atoms with E-state index in [4.69, 9.17) is 14.2 Å². The molecule has 0 bridgehead atoms. The van der Waals surface area contributed by atoms with Gasteiger partial charge in [-0.05, 0) is 12.1 Å². The van der Waals surface area contributed by atoms with E-state index in [-0.39, 0.29) is 6.03 Å². The molecule has 0 aliphatic carbocycles. The van der Waals surface area contributed by atoms with Crippen LogP contribution in [0.5, 0.6) is 17.2 Å². The maximum Gasteiger partial charge on any atom is 0.319 e. The zero-order valence-electron chi connectivity index (χ0n) is 17.0. The third-order valence-corrected chi connectivity index (χ3v) is 4.16. The van der Waals surface area contributed by atoms with E-state index in [0.717, 1.165) is 5.82 Å². The first-order chi connectivity index (χ1) is 14.6. The second kappa shape index (κ2) is 10.0. The number of amides is 2. The third kappa shape index (κ3) is 5.10. The quantitative estimate of drug-likeness (QED) is 0.463. The molecule has 2 amide bonds. The van der Waals surface area contributed by atoms with Crippen LogP contribution in [0.3, 0.4) is 0 Å². The minimum absolute atomic E-state index is 0.359. The zero-order valence-corrected chi connectivity index (χ0v) is 17.0. The summed E-state index contributed by atoms with van der Waals surface area (Å²) in [5.74, 6) is 2.79. The predicted molar refractivity (Wildman–Crippen MR) is 113 cm³/mol. The van der Waals surface area contributed by atoms with Crippen LogP contribution in [-0.4, -0.2) is 55.0 Å². The van der Waals surface area contributed by atoms with Crippen LogP contribution in [0.1, 0.15) is 0 Å². The number of nitrogens with zero attached hydrogens (tertiary/aromatic N) is 3. The molecule has 10 nitrogen and oxygen atoms in total. The van der Waals surface area contributed by atoms with Crippen LogP contribution < -0.4 is 30.2 Å². The van der Waals surface area contributed by atoms with Gasteiger partial charge in [0.05, 0.1) is 27.0 Å². The molecule has 2 aromatic heterocycles. The van der Waals surface area contributed by atoms with E-state index >= 15 is 0 Å². The Labute approximate surface area is 174 Å². The van der Waals surface area contributed by atoms with Crippen molar-refractivity contribution in [3.05, 3.63) is 49.1 Å². The monoisotopic (exact) mass is 412 g/mol. The predicted octanol–water partition coefficient (Wildman–Crippen LogP) is 2.53. The summed E-state index contributed by atoms with van der Waals surface area (Å²) in [5, 5.41) is 8.67.